The van der Waals surface area contributed by atoms with Gasteiger partial charge in [-0.3, -0.25) is 0 Å². The van der Waals surface area contributed by atoms with Crippen LogP contribution >= 0.6 is 11.6 Å². The van der Waals surface area contributed by atoms with Crippen molar-refractivity contribution in [3.8, 4) is 0 Å². The molecule has 1 rings (SSSR count). The number of halogens is 13. The van der Waals surface area contributed by atoms with E-state index in [0.29, 0.717) is 6.07 Å². The molecule has 0 bridgehead atoms. The highest BCUT2D eigenvalue weighted by Crippen LogP contribution is 2.68. The Kier molecular flexibility index (Phi) is 5.32. The minimum atomic E-state index is -7.53. The van der Waals surface area contributed by atoms with Crippen molar-refractivity contribution in [1.29, 1.82) is 0 Å². The topological polar surface area (TPSA) is 0 Å². The second kappa shape index (κ2) is 6.13. The lowest BCUT2D eigenvalue weighted by Gasteiger charge is -2.44. The normalized spacial score (nSPS) is 16.0. The molecule has 1 aromatic carbocycles. The third kappa shape index (κ3) is 3.24. The molecule has 0 aliphatic carbocycles. The lowest BCUT2D eigenvalue weighted by molar-refractivity contribution is -0.462. The average molecular weight is 413 g/mol. The van der Waals surface area contributed by atoms with Gasteiger partial charge < -0.3 is 0 Å². The first-order chi connectivity index (χ1) is 10.9. The van der Waals surface area contributed by atoms with Gasteiger partial charge in [-0.05, 0) is 17.7 Å². The summed E-state index contributed by atoms with van der Waals surface area (Å²) in [4.78, 5) is 0. The van der Waals surface area contributed by atoms with Crippen LogP contribution in [0.2, 0.25) is 5.02 Å². The van der Waals surface area contributed by atoms with Crippen molar-refractivity contribution in [3.05, 3.63) is 34.9 Å². The Hall–Kier alpha value is -1.33. The predicted octanol–water partition coefficient (Wildman–Crippen LogP) is 6.66. The van der Waals surface area contributed by atoms with E-state index < -0.39 is 46.6 Å². The smallest absolute Gasteiger partial charge is 0.241 e. The van der Waals surface area contributed by atoms with Gasteiger partial charge in [0.15, 0.2) is 6.17 Å². The van der Waals surface area contributed by atoms with E-state index in [1.165, 1.54) is 0 Å². The molecule has 0 aliphatic rings. The van der Waals surface area contributed by atoms with Gasteiger partial charge in [-0.1, -0.05) is 23.7 Å². The predicted molar refractivity (Wildman–Crippen MR) is 60.8 cm³/mol. The van der Waals surface area contributed by atoms with Crippen LogP contribution in [0.1, 0.15) is 11.7 Å². The maximum absolute atomic E-state index is 14.2. The minimum absolute atomic E-state index is 0.0882. The molecule has 0 saturated heterocycles. The van der Waals surface area contributed by atoms with Crippen molar-refractivity contribution in [2.75, 3.05) is 0 Å². The van der Waals surface area contributed by atoms with Gasteiger partial charge in [0.1, 0.15) is 0 Å². The van der Waals surface area contributed by atoms with E-state index in [4.69, 9.17) is 11.6 Å². The molecule has 1 aromatic rings. The maximum atomic E-state index is 14.2. The summed E-state index contributed by atoms with van der Waals surface area (Å²) in [5.41, 5.74) is -8.82. The van der Waals surface area contributed by atoms with Gasteiger partial charge >= 0.3 is 24.5 Å². The van der Waals surface area contributed by atoms with Crippen LogP contribution in [-0.4, -0.2) is 24.5 Å². The third-order valence-corrected chi connectivity index (χ3v) is 3.50. The van der Waals surface area contributed by atoms with E-state index in [1.807, 2.05) is 0 Å². The Balaban J connectivity index is 3.92. The first-order valence-corrected chi connectivity index (χ1v) is 6.26. The quantitative estimate of drug-likeness (QED) is 0.487. The third-order valence-electron chi connectivity index (χ3n) is 3.27. The molecule has 0 aliphatic heterocycles. The van der Waals surface area contributed by atoms with Crippen molar-refractivity contribution in [2.45, 2.75) is 30.6 Å². The standard InChI is InChI=1S/C12H5ClF12/c13-6-3-1-2-5(4-6)7(14)8(10(17,18)19,11(20,21)22)9(15,16)12(23,24)25/h1-4,7H. The van der Waals surface area contributed by atoms with Gasteiger partial charge in [-0.15, -0.1) is 0 Å². The summed E-state index contributed by atoms with van der Waals surface area (Å²) in [6.07, 6.45) is -26.9. The van der Waals surface area contributed by atoms with Crippen LogP contribution in [0.3, 0.4) is 0 Å². The van der Waals surface area contributed by atoms with E-state index >= 15 is 0 Å². The first-order valence-electron chi connectivity index (χ1n) is 5.88. The molecule has 25 heavy (non-hydrogen) atoms. The fourth-order valence-corrected chi connectivity index (χ4v) is 2.30. The molecule has 0 aromatic heterocycles. The summed E-state index contributed by atoms with van der Waals surface area (Å²) in [6.45, 7) is 0. The number of hydrogen-bond acceptors (Lipinski definition) is 0. The van der Waals surface area contributed by atoms with Gasteiger partial charge in [0.05, 0.1) is 0 Å². The van der Waals surface area contributed by atoms with Gasteiger partial charge in [0.2, 0.25) is 0 Å². The van der Waals surface area contributed by atoms with Crippen LogP contribution in [0, 0.1) is 5.41 Å². The molecule has 0 radical (unpaired) electrons. The molecule has 13 heteroatoms. The Morgan fingerprint density at radius 3 is 1.48 bits per heavy atom. The van der Waals surface area contributed by atoms with Gasteiger partial charge in [-0.2, -0.15) is 48.3 Å². The summed E-state index contributed by atoms with van der Waals surface area (Å²) >= 11 is 5.23. The van der Waals surface area contributed by atoms with Gasteiger partial charge in [-0.25, -0.2) is 4.39 Å². The zero-order valence-electron chi connectivity index (χ0n) is 11.3. The van der Waals surface area contributed by atoms with Crippen molar-refractivity contribution in [3.63, 3.8) is 0 Å². The van der Waals surface area contributed by atoms with E-state index in [2.05, 4.69) is 0 Å². The molecule has 0 saturated carbocycles. The number of hydrogen-bond donors (Lipinski definition) is 0. The molecule has 0 heterocycles. The second-order valence-electron chi connectivity index (χ2n) is 4.79. The molecule has 0 N–H and O–H groups in total. The zero-order chi connectivity index (χ0) is 20.1. The lowest BCUT2D eigenvalue weighted by atomic mass is 9.72. The van der Waals surface area contributed by atoms with Crippen molar-refractivity contribution in [1.82, 2.24) is 0 Å². The van der Waals surface area contributed by atoms with E-state index in [0.717, 1.165) is 6.07 Å². The largest absolute Gasteiger partial charge is 0.454 e. The molecule has 0 nitrogen and oxygen atoms in total. The average Bonchev–Trinajstić information content (AvgIpc) is 2.33. The summed E-state index contributed by atoms with van der Waals surface area (Å²) in [7, 11) is 0. The van der Waals surface area contributed by atoms with Gasteiger partial charge in [0, 0.05) is 5.02 Å². The molecule has 1 unspecified atom stereocenters. The molecule has 0 fully saturated rings. The van der Waals surface area contributed by atoms with Crippen LogP contribution in [0.15, 0.2) is 24.3 Å². The summed E-state index contributed by atoms with van der Waals surface area (Å²) in [5, 5.41) is -0.672. The van der Waals surface area contributed by atoms with Gasteiger partial charge in [0.25, 0.3) is 5.41 Å². The number of benzene rings is 1. The molecule has 0 amide bonds. The van der Waals surface area contributed by atoms with Crippen LogP contribution in [0.5, 0.6) is 0 Å². The fourth-order valence-electron chi connectivity index (χ4n) is 2.10. The highest BCUT2D eigenvalue weighted by Gasteiger charge is 2.92. The highest BCUT2D eigenvalue weighted by molar-refractivity contribution is 6.30. The van der Waals surface area contributed by atoms with Crippen LogP contribution in [0.25, 0.3) is 0 Å². The molecule has 0 spiro atoms. The summed E-state index contributed by atoms with van der Waals surface area (Å²) in [5.74, 6) is -7.53. The highest BCUT2D eigenvalue weighted by atomic mass is 35.5. The second-order valence-corrected chi connectivity index (χ2v) is 5.23. The molecule has 144 valence electrons. The van der Waals surface area contributed by atoms with Crippen LogP contribution in [-0.2, 0) is 0 Å². The minimum Gasteiger partial charge on any atom is -0.241 e. The Morgan fingerprint density at radius 1 is 0.720 bits per heavy atom. The fraction of sp³-hybridized carbons (Fsp3) is 0.500. The van der Waals surface area contributed by atoms with E-state index in [1.54, 1.807) is 0 Å². The lowest BCUT2D eigenvalue weighted by Crippen LogP contribution is -2.68. The van der Waals surface area contributed by atoms with E-state index in [-0.39, 0.29) is 12.1 Å². The van der Waals surface area contributed by atoms with E-state index in [9.17, 15) is 52.7 Å². The number of alkyl halides is 12. The molecule has 1 atom stereocenters. The summed E-state index contributed by atoms with van der Waals surface area (Å²) < 4.78 is 156. The first kappa shape index (κ1) is 21.7. The monoisotopic (exact) mass is 412 g/mol. The zero-order valence-corrected chi connectivity index (χ0v) is 12.1. The van der Waals surface area contributed by atoms with Crippen molar-refractivity contribution in [2.24, 2.45) is 5.41 Å². The van der Waals surface area contributed by atoms with Crippen LogP contribution < -0.4 is 0 Å². The van der Waals surface area contributed by atoms with Crippen LogP contribution in [0.4, 0.5) is 52.7 Å². The maximum Gasteiger partial charge on any atom is 0.454 e. The summed E-state index contributed by atoms with van der Waals surface area (Å²) in [6, 6.07) is 1.69. The van der Waals surface area contributed by atoms with Crippen molar-refractivity contribution < 1.29 is 52.7 Å². The Bertz CT molecular complexity index is 598. The Labute approximate surface area is 136 Å². The molecular weight excluding hydrogens is 408 g/mol. The SMILES string of the molecule is FC(c1cccc(Cl)c1)C(C(F)(F)F)(C(F)(F)F)C(F)(F)C(F)(F)F. The molecular formula is C12H5ClF12. The number of rotatable bonds is 3. The van der Waals surface area contributed by atoms with Crippen molar-refractivity contribution >= 4 is 11.6 Å². The Morgan fingerprint density at radius 2 is 1.16 bits per heavy atom.